The average molecular weight is 315 g/mol. The zero-order valence-corrected chi connectivity index (χ0v) is 13.9. The van der Waals surface area contributed by atoms with Crippen LogP contribution in [0.15, 0.2) is 30.3 Å². The van der Waals surface area contributed by atoms with Crippen LogP contribution in [0.2, 0.25) is 0 Å². The van der Waals surface area contributed by atoms with Crippen LogP contribution in [-0.2, 0) is 9.59 Å². The fourth-order valence-corrected chi connectivity index (χ4v) is 3.92. The molecule has 23 heavy (non-hydrogen) atoms. The summed E-state index contributed by atoms with van der Waals surface area (Å²) in [5.41, 5.74) is 0.832. The molecule has 0 unspecified atom stereocenters. The van der Waals surface area contributed by atoms with Crippen LogP contribution in [0.4, 0.5) is 5.69 Å². The van der Waals surface area contributed by atoms with Crippen LogP contribution in [0.5, 0.6) is 0 Å². The quantitative estimate of drug-likeness (QED) is 0.922. The van der Waals surface area contributed by atoms with Crippen molar-refractivity contribution in [3.05, 3.63) is 30.3 Å². The molecule has 2 fully saturated rings. The Morgan fingerprint density at radius 1 is 1.26 bits per heavy atom. The van der Waals surface area contributed by atoms with Crippen LogP contribution in [0.1, 0.15) is 19.3 Å². The van der Waals surface area contributed by atoms with Gasteiger partial charge < -0.3 is 10.2 Å². The Morgan fingerprint density at radius 2 is 1.96 bits per heavy atom. The van der Waals surface area contributed by atoms with Crippen LogP contribution in [0, 0.1) is 11.8 Å². The van der Waals surface area contributed by atoms with E-state index in [0.717, 1.165) is 25.1 Å². The second-order valence-corrected chi connectivity index (χ2v) is 6.95. The maximum atomic E-state index is 12.2. The number of rotatable bonds is 4. The molecule has 5 heteroatoms. The Balaban J connectivity index is 1.52. The Morgan fingerprint density at radius 3 is 2.70 bits per heavy atom. The minimum absolute atomic E-state index is 0.0155. The number of fused-ring (bicyclic) bond motifs is 1. The van der Waals surface area contributed by atoms with E-state index in [1.807, 2.05) is 49.3 Å². The van der Waals surface area contributed by atoms with Crippen molar-refractivity contribution in [3.8, 4) is 0 Å². The van der Waals surface area contributed by atoms with Gasteiger partial charge in [0, 0.05) is 31.7 Å². The topological polar surface area (TPSA) is 52.6 Å². The number of anilines is 1. The number of hydrogen-bond acceptors (Lipinski definition) is 3. The van der Waals surface area contributed by atoms with Crippen molar-refractivity contribution < 1.29 is 9.59 Å². The number of carbonyl (C=O) groups is 2. The smallest absolute Gasteiger partial charge is 0.238 e. The molecule has 0 spiro atoms. The summed E-state index contributed by atoms with van der Waals surface area (Å²) >= 11 is 0. The number of nitrogens with one attached hydrogen (secondary N) is 1. The lowest BCUT2D eigenvalue weighted by Gasteiger charge is -2.31. The van der Waals surface area contributed by atoms with Gasteiger partial charge >= 0.3 is 0 Å². The van der Waals surface area contributed by atoms with Gasteiger partial charge in [0.2, 0.25) is 11.8 Å². The highest BCUT2D eigenvalue weighted by molar-refractivity contribution is 5.92. The molecular weight excluding hydrogens is 290 g/mol. The molecule has 124 valence electrons. The van der Waals surface area contributed by atoms with Gasteiger partial charge in [0.15, 0.2) is 0 Å². The van der Waals surface area contributed by atoms with Crippen molar-refractivity contribution in [1.82, 2.24) is 9.80 Å². The second-order valence-electron chi connectivity index (χ2n) is 6.95. The fraction of sp³-hybridized carbons (Fsp3) is 0.556. The Kier molecular flexibility index (Phi) is 4.66. The van der Waals surface area contributed by atoms with E-state index in [4.69, 9.17) is 0 Å². The first-order valence-corrected chi connectivity index (χ1v) is 8.32. The van der Waals surface area contributed by atoms with E-state index in [1.54, 1.807) is 0 Å². The molecule has 1 saturated heterocycles. The van der Waals surface area contributed by atoms with Crippen molar-refractivity contribution >= 4 is 17.5 Å². The van der Waals surface area contributed by atoms with Gasteiger partial charge in [-0.05, 0) is 43.9 Å². The normalized spacial score (nSPS) is 27.2. The zero-order valence-electron chi connectivity index (χ0n) is 13.9. The monoisotopic (exact) mass is 315 g/mol. The van der Waals surface area contributed by atoms with Crippen LogP contribution < -0.4 is 5.32 Å². The lowest BCUT2D eigenvalue weighted by molar-refractivity contribution is -0.134. The van der Waals surface area contributed by atoms with Gasteiger partial charge in [0.25, 0.3) is 0 Å². The van der Waals surface area contributed by atoms with E-state index in [-0.39, 0.29) is 11.8 Å². The third-order valence-electron chi connectivity index (χ3n) is 5.26. The maximum absolute atomic E-state index is 12.2. The molecule has 1 aromatic rings. The third kappa shape index (κ3) is 3.72. The molecule has 1 aromatic carbocycles. The van der Waals surface area contributed by atoms with Gasteiger partial charge in [0.05, 0.1) is 6.54 Å². The van der Waals surface area contributed by atoms with Gasteiger partial charge in [-0.1, -0.05) is 18.2 Å². The lowest BCUT2D eigenvalue weighted by atomic mass is 9.88. The Bertz CT molecular complexity index is 575. The molecule has 0 radical (unpaired) electrons. The molecule has 3 atom stereocenters. The zero-order chi connectivity index (χ0) is 16.4. The minimum Gasteiger partial charge on any atom is -0.345 e. The van der Waals surface area contributed by atoms with E-state index in [9.17, 15) is 9.59 Å². The first kappa shape index (κ1) is 16.0. The van der Waals surface area contributed by atoms with E-state index >= 15 is 0 Å². The number of likely N-dealkylation sites (tertiary alicyclic amines) is 1. The summed E-state index contributed by atoms with van der Waals surface area (Å²) in [6, 6.07) is 9.93. The molecule has 1 heterocycles. The van der Waals surface area contributed by atoms with Gasteiger partial charge in [-0.3, -0.25) is 14.5 Å². The van der Waals surface area contributed by atoms with E-state index in [0.29, 0.717) is 30.8 Å². The molecular formula is C18H25N3O2. The summed E-state index contributed by atoms with van der Waals surface area (Å²) < 4.78 is 0. The molecule has 1 N–H and O–H groups in total. The Labute approximate surface area is 137 Å². The number of hydrogen-bond donors (Lipinski definition) is 1. The standard InChI is InChI=1S/C18H25N3O2/c1-20(12-17(22)19-15-6-4-3-5-7-15)16-8-13-10-18(23)21(2)11-14(13)9-16/h3-7,13-14,16H,8-12H2,1-2H3,(H,19,22)/t13-,14+,16-/m1/s1. The molecule has 2 aliphatic rings. The van der Waals surface area contributed by atoms with Gasteiger partial charge in [-0.2, -0.15) is 0 Å². The van der Waals surface area contributed by atoms with Crippen LogP contribution in [-0.4, -0.2) is 54.8 Å². The Hall–Kier alpha value is -1.88. The predicted octanol–water partition coefficient (Wildman–Crippen LogP) is 1.81. The lowest BCUT2D eigenvalue weighted by Crippen LogP contribution is -2.40. The molecule has 3 rings (SSSR count). The number of likely N-dealkylation sites (N-methyl/N-ethyl adjacent to an activating group) is 1. The van der Waals surface area contributed by atoms with Crippen molar-refractivity contribution in [2.24, 2.45) is 11.8 Å². The molecule has 1 aliphatic heterocycles. The molecule has 0 aromatic heterocycles. The first-order chi connectivity index (χ1) is 11.0. The van der Waals surface area contributed by atoms with Crippen molar-refractivity contribution in [2.45, 2.75) is 25.3 Å². The number of benzene rings is 1. The average Bonchev–Trinajstić information content (AvgIpc) is 2.91. The third-order valence-corrected chi connectivity index (χ3v) is 5.26. The largest absolute Gasteiger partial charge is 0.345 e. The fourth-order valence-electron chi connectivity index (χ4n) is 3.92. The highest BCUT2D eigenvalue weighted by Crippen LogP contribution is 2.39. The molecule has 1 aliphatic carbocycles. The van der Waals surface area contributed by atoms with Gasteiger partial charge in [-0.25, -0.2) is 0 Å². The maximum Gasteiger partial charge on any atom is 0.238 e. The minimum atomic E-state index is 0.0155. The first-order valence-electron chi connectivity index (χ1n) is 8.32. The van der Waals surface area contributed by atoms with Crippen LogP contribution in [0.25, 0.3) is 0 Å². The number of carbonyl (C=O) groups excluding carboxylic acids is 2. The van der Waals surface area contributed by atoms with Gasteiger partial charge in [0.1, 0.15) is 0 Å². The van der Waals surface area contributed by atoms with E-state index in [2.05, 4.69) is 10.2 Å². The number of piperidine rings is 1. The second kappa shape index (κ2) is 6.71. The van der Waals surface area contributed by atoms with Crippen LogP contribution >= 0.6 is 0 Å². The summed E-state index contributed by atoms with van der Waals surface area (Å²) in [5.74, 6) is 1.35. The van der Waals surface area contributed by atoms with E-state index < -0.39 is 0 Å². The number of amides is 2. The summed E-state index contributed by atoms with van der Waals surface area (Å²) in [4.78, 5) is 28.0. The predicted molar refractivity (Wildman–Crippen MR) is 90.0 cm³/mol. The summed E-state index contributed by atoms with van der Waals surface area (Å²) in [5, 5.41) is 2.93. The summed E-state index contributed by atoms with van der Waals surface area (Å²) in [6.45, 7) is 1.26. The summed E-state index contributed by atoms with van der Waals surface area (Å²) in [6.07, 6.45) is 2.78. The highest BCUT2D eigenvalue weighted by atomic mass is 16.2. The molecule has 5 nitrogen and oxygen atoms in total. The van der Waals surface area contributed by atoms with Crippen molar-refractivity contribution in [2.75, 3.05) is 32.5 Å². The van der Waals surface area contributed by atoms with Crippen molar-refractivity contribution in [1.29, 1.82) is 0 Å². The SMILES string of the molecule is CN1C[C@@H]2C[C@H](N(C)CC(=O)Nc3ccccc3)C[C@@H]2CC1=O. The van der Waals surface area contributed by atoms with Crippen molar-refractivity contribution in [3.63, 3.8) is 0 Å². The van der Waals surface area contributed by atoms with E-state index in [1.165, 1.54) is 0 Å². The molecule has 0 bridgehead atoms. The molecule has 2 amide bonds. The highest BCUT2D eigenvalue weighted by Gasteiger charge is 2.41. The van der Waals surface area contributed by atoms with Gasteiger partial charge in [-0.15, -0.1) is 0 Å². The molecule has 1 saturated carbocycles. The summed E-state index contributed by atoms with van der Waals surface area (Å²) in [7, 11) is 3.90. The number of para-hydroxylation sites is 1. The number of nitrogens with zero attached hydrogens (tertiary/aromatic N) is 2. The van der Waals surface area contributed by atoms with Crippen LogP contribution in [0.3, 0.4) is 0 Å².